The van der Waals surface area contributed by atoms with Crippen LogP contribution >= 0.6 is 0 Å². The molecule has 1 fully saturated rings. The van der Waals surface area contributed by atoms with Gasteiger partial charge in [-0.05, 0) is 25.0 Å². The van der Waals surface area contributed by atoms with Gasteiger partial charge in [0, 0.05) is 19.2 Å². The Kier molecular flexibility index (Phi) is 3.08. The molecule has 5 heteroatoms. The number of carbonyl (C=O) groups is 2. The van der Waals surface area contributed by atoms with Crippen molar-refractivity contribution in [1.29, 1.82) is 0 Å². The lowest BCUT2D eigenvalue weighted by Gasteiger charge is -2.28. The molecule has 0 saturated heterocycles. The van der Waals surface area contributed by atoms with Crippen LogP contribution in [0.2, 0.25) is 0 Å². The Balaban J connectivity index is 2.18. The molecule has 1 aromatic rings. The third-order valence-corrected chi connectivity index (χ3v) is 3.12. The van der Waals surface area contributed by atoms with E-state index in [-0.39, 0.29) is 17.4 Å². The standard InChI is InChI=1S/C12H14N2O3/c1-14(11(15)8-3-2-4-8)10-7-9(12(16)17)5-6-13-10/h5-8H,2-4H2,1H3,(H,16,17). The molecule has 1 heterocycles. The fourth-order valence-electron chi connectivity index (χ4n) is 1.78. The zero-order chi connectivity index (χ0) is 12.4. The number of amides is 1. The maximum atomic E-state index is 11.9. The molecule has 1 aliphatic carbocycles. The number of aromatic nitrogens is 1. The molecule has 2 rings (SSSR count). The van der Waals surface area contributed by atoms with Crippen LogP contribution in [0.1, 0.15) is 29.6 Å². The summed E-state index contributed by atoms with van der Waals surface area (Å²) in [4.78, 5) is 28.2. The van der Waals surface area contributed by atoms with Crippen LogP contribution in [0.25, 0.3) is 0 Å². The molecule has 0 radical (unpaired) electrons. The molecule has 90 valence electrons. The third-order valence-electron chi connectivity index (χ3n) is 3.12. The summed E-state index contributed by atoms with van der Waals surface area (Å²) in [6.45, 7) is 0. The fourth-order valence-corrected chi connectivity index (χ4v) is 1.78. The summed E-state index contributed by atoms with van der Waals surface area (Å²) in [5.74, 6) is -0.526. The van der Waals surface area contributed by atoms with E-state index in [4.69, 9.17) is 5.11 Å². The summed E-state index contributed by atoms with van der Waals surface area (Å²) in [5.41, 5.74) is 0.142. The molecule has 0 spiro atoms. The van der Waals surface area contributed by atoms with Crippen molar-refractivity contribution in [2.45, 2.75) is 19.3 Å². The summed E-state index contributed by atoms with van der Waals surface area (Å²) in [7, 11) is 1.63. The van der Waals surface area contributed by atoms with Crippen LogP contribution in [0.3, 0.4) is 0 Å². The predicted molar refractivity (Wildman–Crippen MR) is 61.9 cm³/mol. The Morgan fingerprint density at radius 3 is 2.71 bits per heavy atom. The highest BCUT2D eigenvalue weighted by Gasteiger charge is 2.28. The average molecular weight is 234 g/mol. The highest BCUT2D eigenvalue weighted by atomic mass is 16.4. The van der Waals surface area contributed by atoms with E-state index in [1.807, 2.05) is 0 Å². The van der Waals surface area contributed by atoms with Crippen LogP contribution in [-0.2, 0) is 4.79 Å². The van der Waals surface area contributed by atoms with Crippen LogP contribution in [-0.4, -0.2) is 29.0 Å². The third kappa shape index (κ3) is 2.27. The van der Waals surface area contributed by atoms with E-state index >= 15 is 0 Å². The minimum atomic E-state index is -1.02. The number of nitrogens with zero attached hydrogens (tertiary/aromatic N) is 2. The molecule has 5 nitrogen and oxygen atoms in total. The summed E-state index contributed by atoms with van der Waals surface area (Å²) in [6.07, 6.45) is 4.33. The van der Waals surface area contributed by atoms with Crippen molar-refractivity contribution in [3.05, 3.63) is 23.9 Å². The summed E-state index contributed by atoms with van der Waals surface area (Å²) in [6, 6.07) is 2.83. The first-order valence-corrected chi connectivity index (χ1v) is 5.56. The van der Waals surface area contributed by atoms with Crippen molar-refractivity contribution < 1.29 is 14.7 Å². The lowest BCUT2D eigenvalue weighted by atomic mass is 9.84. The number of aromatic carboxylic acids is 1. The van der Waals surface area contributed by atoms with Crippen LogP contribution in [0.5, 0.6) is 0 Å². The van der Waals surface area contributed by atoms with Crippen molar-refractivity contribution in [3.8, 4) is 0 Å². The second kappa shape index (κ2) is 4.53. The molecule has 17 heavy (non-hydrogen) atoms. The number of anilines is 1. The number of hydrogen-bond acceptors (Lipinski definition) is 3. The molecular weight excluding hydrogens is 220 g/mol. The van der Waals surface area contributed by atoms with E-state index in [1.54, 1.807) is 7.05 Å². The molecule has 0 aliphatic heterocycles. The van der Waals surface area contributed by atoms with E-state index in [9.17, 15) is 9.59 Å². The van der Waals surface area contributed by atoms with E-state index < -0.39 is 5.97 Å². The van der Waals surface area contributed by atoms with Gasteiger partial charge in [-0.25, -0.2) is 9.78 Å². The van der Waals surface area contributed by atoms with Gasteiger partial charge in [-0.15, -0.1) is 0 Å². The SMILES string of the molecule is CN(C(=O)C1CCC1)c1cc(C(=O)O)ccn1. The van der Waals surface area contributed by atoms with Crippen molar-refractivity contribution in [2.24, 2.45) is 5.92 Å². The van der Waals surface area contributed by atoms with Crippen molar-refractivity contribution >= 4 is 17.7 Å². The number of carbonyl (C=O) groups excluding carboxylic acids is 1. The highest BCUT2D eigenvalue weighted by Crippen LogP contribution is 2.29. The first-order chi connectivity index (χ1) is 8.09. The summed E-state index contributed by atoms with van der Waals surface area (Å²) < 4.78 is 0. The zero-order valence-electron chi connectivity index (χ0n) is 9.59. The molecule has 1 saturated carbocycles. The largest absolute Gasteiger partial charge is 0.478 e. The maximum Gasteiger partial charge on any atom is 0.335 e. The molecule has 1 aliphatic rings. The number of rotatable bonds is 3. The molecule has 0 unspecified atom stereocenters. The lowest BCUT2D eigenvalue weighted by molar-refractivity contribution is -0.124. The molecule has 0 aromatic carbocycles. The minimum Gasteiger partial charge on any atom is -0.478 e. The van der Waals surface area contributed by atoms with E-state index in [0.717, 1.165) is 19.3 Å². The summed E-state index contributed by atoms with van der Waals surface area (Å²) >= 11 is 0. The van der Waals surface area contributed by atoms with Gasteiger partial charge >= 0.3 is 5.97 Å². The highest BCUT2D eigenvalue weighted by molar-refractivity contribution is 5.95. The van der Waals surface area contributed by atoms with Crippen molar-refractivity contribution in [1.82, 2.24) is 4.98 Å². The Labute approximate surface area is 99.1 Å². The Bertz CT molecular complexity index is 455. The van der Waals surface area contributed by atoms with E-state index in [2.05, 4.69) is 4.98 Å². The first kappa shape index (κ1) is 11.6. The number of pyridine rings is 1. The maximum absolute atomic E-state index is 11.9. The quantitative estimate of drug-likeness (QED) is 0.861. The molecular formula is C12H14N2O3. The van der Waals surface area contributed by atoms with Gasteiger partial charge in [0.05, 0.1) is 5.56 Å². The van der Waals surface area contributed by atoms with Crippen LogP contribution in [0, 0.1) is 5.92 Å². The van der Waals surface area contributed by atoms with Gasteiger partial charge in [-0.3, -0.25) is 9.69 Å². The normalized spacial score (nSPS) is 15.1. The monoisotopic (exact) mass is 234 g/mol. The van der Waals surface area contributed by atoms with Gasteiger partial charge in [-0.1, -0.05) is 6.42 Å². The predicted octanol–water partition coefficient (Wildman–Crippen LogP) is 1.54. The molecule has 0 atom stereocenters. The van der Waals surface area contributed by atoms with Crippen LogP contribution in [0.15, 0.2) is 18.3 Å². The topological polar surface area (TPSA) is 70.5 Å². The molecule has 0 bridgehead atoms. The number of hydrogen-bond donors (Lipinski definition) is 1. The van der Waals surface area contributed by atoms with E-state index in [1.165, 1.54) is 23.2 Å². The average Bonchev–Trinajstić information content (AvgIpc) is 2.25. The van der Waals surface area contributed by atoms with Gasteiger partial charge in [0.15, 0.2) is 0 Å². The van der Waals surface area contributed by atoms with Gasteiger partial charge in [0.2, 0.25) is 5.91 Å². The summed E-state index contributed by atoms with van der Waals surface area (Å²) in [5, 5.41) is 8.86. The lowest BCUT2D eigenvalue weighted by Crippen LogP contribution is -2.36. The van der Waals surface area contributed by atoms with Crippen molar-refractivity contribution in [3.63, 3.8) is 0 Å². The van der Waals surface area contributed by atoms with Crippen molar-refractivity contribution in [2.75, 3.05) is 11.9 Å². The zero-order valence-corrected chi connectivity index (χ0v) is 9.59. The minimum absolute atomic E-state index is 0.0197. The Morgan fingerprint density at radius 2 is 2.18 bits per heavy atom. The van der Waals surface area contributed by atoms with E-state index in [0.29, 0.717) is 5.82 Å². The van der Waals surface area contributed by atoms with Gasteiger partial charge in [0.1, 0.15) is 5.82 Å². The Hall–Kier alpha value is -1.91. The first-order valence-electron chi connectivity index (χ1n) is 5.56. The second-order valence-corrected chi connectivity index (χ2v) is 4.23. The van der Waals surface area contributed by atoms with Crippen LogP contribution < -0.4 is 4.90 Å². The van der Waals surface area contributed by atoms with Gasteiger partial charge < -0.3 is 5.11 Å². The smallest absolute Gasteiger partial charge is 0.335 e. The number of carboxylic acids is 1. The van der Waals surface area contributed by atoms with Gasteiger partial charge in [0.25, 0.3) is 0 Å². The Morgan fingerprint density at radius 1 is 1.47 bits per heavy atom. The van der Waals surface area contributed by atoms with Gasteiger partial charge in [-0.2, -0.15) is 0 Å². The molecule has 1 N–H and O–H groups in total. The molecule has 1 amide bonds. The van der Waals surface area contributed by atoms with Crippen LogP contribution in [0.4, 0.5) is 5.82 Å². The fraction of sp³-hybridized carbons (Fsp3) is 0.417. The second-order valence-electron chi connectivity index (χ2n) is 4.23. The molecule has 1 aromatic heterocycles. The number of carboxylic acid groups (broad SMARTS) is 1.